The Morgan fingerprint density at radius 1 is 1.38 bits per heavy atom. The molecule has 2 rings (SSSR count). The standard InChI is InChI=1S/C15H20N4OS/c1-3-4-12-9-13(20)19-15(18-12)21-14(10(2)16)11-5-7-17-8-6-11/h5-10,14H,3-4,16H2,1-2H3,(H,18,19,20). The Balaban J connectivity index is 2.27. The van der Waals surface area contributed by atoms with E-state index in [2.05, 4.69) is 21.9 Å². The molecule has 0 fully saturated rings. The van der Waals surface area contributed by atoms with Crippen LogP contribution in [0.4, 0.5) is 0 Å². The van der Waals surface area contributed by atoms with Gasteiger partial charge in [-0.3, -0.25) is 9.78 Å². The van der Waals surface area contributed by atoms with E-state index < -0.39 is 0 Å². The van der Waals surface area contributed by atoms with E-state index in [0.717, 1.165) is 24.1 Å². The second kappa shape index (κ2) is 7.38. The molecule has 6 heteroatoms. The van der Waals surface area contributed by atoms with Gasteiger partial charge in [-0.15, -0.1) is 0 Å². The van der Waals surface area contributed by atoms with Crippen LogP contribution in [0.2, 0.25) is 0 Å². The molecule has 0 saturated carbocycles. The highest BCUT2D eigenvalue weighted by molar-refractivity contribution is 7.99. The molecule has 2 atom stereocenters. The predicted octanol–water partition coefficient (Wildman–Crippen LogP) is 2.30. The maximum atomic E-state index is 11.7. The van der Waals surface area contributed by atoms with Crippen molar-refractivity contribution in [1.29, 1.82) is 0 Å². The van der Waals surface area contributed by atoms with Gasteiger partial charge in [-0.05, 0) is 31.0 Å². The van der Waals surface area contributed by atoms with E-state index in [1.807, 2.05) is 19.1 Å². The summed E-state index contributed by atoms with van der Waals surface area (Å²) in [5, 5.41) is 0.637. The average Bonchev–Trinajstić information content (AvgIpc) is 2.45. The number of hydrogen-bond donors (Lipinski definition) is 2. The van der Waals surface area contributed by atoms with Crippen molar-refractivity contribution in [1.82, 2.24) is 15.0 Å². The predicted molar refractivity (Wildman–Crippen MR) is 85.3 cm³/mol. The fourth-order valence-corrected chi connectivity index (χ4v) is 3.15. The summed E-state index contributed by atoms with van der Waals surface area (Å²) in [7, 11) is 0. The molecule has 0 bridgehead atoms. The lowest BCUT2D eigenvalue weighted by molar-refractivity contribution is 0.714. The third kappa shape index (κ3) is 4.41. The van der Waals surface area contributed by atoms with Gasteiger partial charge in [-0.25, -0.2) is 4.98 Å². The quantitative estimate of drug-likeness (QED) is 0.632. The summed E-state index contributed by atoms with van der Waals surface area (Å²) in [6.07, 6.45) is 5.25. The maximum Gasteiger partial charge on any atom is 0.251 e. The van der Waals surface area contributed by atoms with Gasteiger partial charge in [0.25, 0.3) is 5.56 Å². The zero-order valence-electron chi connectivity index (χ0n) is 12.2. The van der Waals surface area contributed by atoms with Gasteiger partial charge >= 0.3 is 0 Å². The van der Waals surface area contributed by atoms with Crippen LogP contribution in [-0.4, -0.2) is 21.0 Å². The van der Waals surface area contributed by atoms with Crippen molar-refractivity contribution in [2.24, 2.45) is 5.73 Å². The maximum absolute atomic E-state index is 11.7. The Labute approximate surface area is 128 Å². The molecule has 0 amide bonds. The van der Waals surface area contributed by atoms with Gasteiger partial charge < -0.3 is 10.7 Å². The number of rotatable bonds is 6. The van der Waals surface area contributed by atoms with Gasteiger partial charge in [0.05, 0.1) is 5.25 Å². The van der Waals surface area contributed by atoms with Gasteiger partial charge in [-0.1, -0.05) is 25.1 Å². The summed E-state index contributed by atoms with van der Waals surface area (Å²) in [6.45, 7) is 4.02. The minimum Gasteiger partial charge on any atom is -0.327 e. The molecular weight excluding hydrogens is 284 g/mol. The van der Waals surface area contributed by atoms with Crippen molar-refractivity contribution >= 4 is 11.8 Å². The lowest BCUT2D eigenvalue weighted by Gasteiger charge is -2.20. The minimum absolute atomic E-state index is 0.0213. The first kappa shape index (κ1) is 15.7. The van der Waals surface area contributed by atoms with Gasteiger partial charge in [0.2, 0.25) is 0 Å². The summed E-state index contributed by atoms with van der Waals surface area (Å²) < 4.78 is 0. The van der Waals surface area contributed by atoms with Crippen molar-refractivity contribution in [2.75, 3.05) is 0 Å². The van der Waals surface area contributed by atoms with E-state index >= 15 is 0 Å². The lowest BCUT2D eigenvalue weighted by atomic mass is 10.1. The number of pyridine rings is 1. The average molecular weight is 304 g/mol. The zero-order valence-corrected chi connectivity index (χ0v) is 13.1. The van der Waals surface area contributed by atoms with E-state index in [9.17, 15) is 4.79 Å². The number of nitrogens with one attached hydrogen (secondary N) is 1. The summed E-state index contributed by atoms with van der Waals surface area (Å²) in [5.41, 5.74) is 7.87. The number of nitrogens with zero attached hydrogens (tertiary/aromatic N) is 2. The molecule has 5 nitrogen and oxygen atoms in total. The van der Waals surface area contributed by atoms with Crippen LogP contribution in [0.25, 0.3) is 0 Å². The molecule has 2 aromatic heterocycles. The SMILES string of the molecule is CCCc1cc(=O)[nH]c(SC(c2ccncc2)C(C)N)n1. The van der Waals surface area contributed by atoms with Crippen molar-refractivity contribution < 1.29 is 0 Å². The molecule has 3 N–H and O–H groups in total. The third-order valence-corrected chi connectivity index (χ3v) is 4.40. The van der Waals surface area contributed by atoms with Crippen LogP contribution in [0.1, 0.15) is 36.8 Å². The van der Waals surface area contributed by atoms with Gasteiger partial charge in [0.1, 0.15) is 0 Å². The monoisotopic (exact) mass is 304 g/mol. The molecule has 0 aliphatic heterocycles. The highest BCUT2D eigenvalue weighted by Gasteiger charge is 2.19. The summed E-state index contributed by atoms with van der Waals surface area (Å²) >= 11 is 1.48. The number of aryl methyl sites for hydroxylation is 1. The highest BCUT2D eigenvalue weighted by atomic mass is 32.2. The van der Waals surface area contributed by atoms with Gasteiger partial charge in [0, 0.05) is 30.2 Å². The van der Waals surface area contributed by atoms with Gasteiger partial charge in [0.15, 0.2) is 5.16 Å². The third-order valence-electron chi connectivity index (χ3n) is 3.03. The number of aromatic amines is 1. The van der Waals surface area contributed by atoms with E-state index in [-0.39, 0.29) is 16.9 Å². The van der Waals surface area contributed by atoms with Crippen LogP contribution in [0.15, 0.2) is 40.5 Å². The molecule has 0 aromatic carbocycles. The molecule has 2 unspecified atom stereocenters. The largest absolute Gasteiger partial charge is 0.327 e. The van der Waals surface area contributed by atoms with Crippen molar-refractivity contribution in [2.45, 2.75) is 43.1 Å². The number of nitrogens with two attached hydrogens (primary N) is 1. The summed E-state index contributed by atoms with van der Waals surface area (Å²) in [6, 6.07) is 5.36. The first-order valence-corrected chi connectivity index (χ1v) is 7.90. The van der Waals surface area contributed by atoms with Crippen LogP contribution in [0.5, 0.6) is 0 Å². The number of H-pyrrole nitrogens is 1. The van der Waals surface area contributed by atoms with Gasteiger partial charge in [-0.2, -0.15) is 0 Å². The number of hydrogen-bond acceptors (Lipinski definition) is 5. The molecule has 2 aromatic rings. The topological polar surface area (TPSA) is 84.7 Å². The summed E-state index contributed by atoms with van der Waals surface area (Å²) in [5.74, 6) is 0. The molecule has 0 saturated heterocycles. The summed E-state index contributed by atoms with van der Waals surface area (Å²) in [4.78, 5) is 23.0. The van der Waals surface area contributed by atoms with E-state index in [4.69, 9.17) is 5.73 Å². The highest BCUT2D eigenvalue weighted by Crippen LogP contribution is 2.34. The molecule has 21 heavy (non-hydrogen) atoms. The molecule has 0 aliphatic rings. The number of aromatic nitrogens is 3. The normalized spacial score (nSPS) is 13.9. The molecule has 2 heterocycles. The second-order valence-corrected chi connectivity index (χ2v) is 6.10. The Bertz CT molecular complexity index is 627. The van der Waals surface area contributed by atoms with Crippen molar-refractivity contribution in [3.8, 4) is 0 Å². The lowest BCUT2D eigenvalue weighted by Crippen LogP contribution is -2.23. The Morgan fingerprint density at radius 2 is 2.10 bits per heavy atom. The molecule has 0 spiro atoms. The minimum atomic E-state index is -0.117. The van der Waals surface area contributed by atoms with Crippen LogP contribution in [0, 0.1) is 0 Å². The van der Waals surface area contributed by atoms with Crippen LogP contribution in [0.3, 0.4) is 0 Å². The fourth-order valence-electron chi connectivity index (χ4n) is 2.08. The van der Waals surface area contributed by atoms with Crippen LogP contribution >= 0.6 is 11.8 Å². The van der Waals surface area contributed by atoms with Crippen LogP contribution < -0.4 is 11.3 Å². The molecular formula is C15H20N4OS. The second-order valence-electron chi connectivity index (χ2n) is 4.97. The Hall–Kier alpha value is -1.66. The number of thioether (sulfide) groups is 1. The van der Waals surface area contributed by atoms with Crippen molar-refractivity contribution in [3.05, 3.63) is 52.2 Å². The Morgan fingerprint density at radius 3 is 2.71 bits per heavy atom. The van der Waals surface area contributed by atoms with E-state index in [1.54, 1.807) is 18.5 Å². The fraction of sp³-hybridized carbons (Fsp3) is 0.400. The molecule has 112 valence electrons. The Kier molecular flexibility index (Phi) is 5.52. The first-order chi connectivity index (χ1) is 10.1. The first-order valence-electron chi connectivity index (χ1n) is 7.02. The van der Waals surface area contributed by atoms with Crippen LogP contribution in [-0.2, 0) is 6.42 Å². The molecule has 0 aliphatic carbocycles. The van der Waals surface area contributed by atoms with Crippen molar-refractivity contribution in [3.63, 3.8) is 0 Å². The smallest absolute Gasteiger partial charge is 0.251 e. The van der Waals surface area contributed by atoms with E-state index in [0.29, 0.717) is 5.16 Å². The van der Waals surface area contributed by atoms with E-state index in [1.165, 1.54) is 11.8 Å². The zero-order chi connectivity index (χ0) is 15.2. The molecule has 0 radical (unpaired) electrons.